The van der Waals surface area contributed by atoms with Gasteiger partial charge in [-0.2, -0.15) is 0 Å². The third-order valence-electron chi connectivity index (χ3n) is 3.75. The van der Waals surface area contributed by atoms with Crippen molar-refractivity contribution in [3.63, 3.8) is 0 Å². The minimum Gasteiger partial charge on any atom is -0.295 e. The average molecular weight is 281 g/mol. The van der Waals surface area contributed by atoms with Gasteiger partial charge in [0.15, 0.2) is 0 Å². The maximum absolute atomic E-state index is 11.4. The lowest BCUT2D eigenvalue weighted by atomic mass is 9.98. The lowest BCUT2D eigenvalue weighted by molar-refractivity contribution is 0.0957. The molecule has 0 bridgehead atoms. The van der Waals surface area contributed by atoms with Crippen LogP contribution in [-0.2, 0) is 6.54 Å². The van der Waals surface area contributed by atoms with Crippen molar-refractivity contribution in [1.29, 1.82) is 0 Å². The van der Waals surface area contributed by atoms with Crippen molar-refractivity contribution in [3.8, 4) is 0 Å². The summed E-state index contributed by atoms with van der Waals surface area (Å²) in [5.74, 6) is 4.96. The second kappa shape index (κ2) is 7.03. The molecule has 3 N–H and O–H groups in total. The number of hydrogen-bond acceptors (Lipinski definition) is 4. The van der Waals surface area contributed by atoms with Crippen LogP contribution in [-0.4, -0.2) is 23.4 Å². The summed E-state index contributed by atoms with van der Waals surface area (Å²) >= 11 is 1.55. The van der Waals surface area contributed by atoms with Gasteiger partial charge in [0.25, 0.3) is 5.91 Å². The summed E-state index contributed by atoms with van der Waals surface area (Å²) in [6.07, 6.45) is 6.48. The molecule has 1 fully saturated rings. The summed E-state index contributed by atoms with van der Waals surface area (Å²) < 4.78 is 0. The molecule has 1 aliphatic heterocycles. The van der Waals surface area contributed by atoms with Crippen LogP contribution in [0.25, 0.3) is 0 Å². The molecule has 1 aromatic rings. The highest BCUT2D eigenvalue weighted by molar-refractivity contribution is 7.14. The van der Waals surface area contributed by atoms with Gasteiger partial charge in [-0.25, -0.2) is 5.84 Å². The van der Waals surface area contributed by atoms with E-state index in [1.165, 1.54) is 43.5 Å². The van der Waals surface area contributed by atoms with E-state index in [9.17, 15) is 4.79 Å². The second-order valence-electron chi connectivity index (χ2n) is 5.15. The molecule has 106 valence electrons. The van der Waals surface area contributed by atoms with Crippen LogP contribution in [0.15, 0.2) is 12.1 Å². The van der Waals surface area contributed by atoms with Crippen LogP contribution in [0.1, 0.15) is 53.6 Å². The largest absolute Gasteiger partial charge is 0.295 e. The van der Waals surface area contributed by atoms with Gasteiger partial charge in [0, 0.05) is 17.5 Å². The molecule has 1 atom stereocenters. The topological polar surface area (TPSA) is 58.4 Å². The number of hydrazine groups is 1. The van der Waals surface area contributed by atoms with Gasteiger partial charge in [0.1, 0.15) is 0 Å². The smallest absolute Gasteiger partial charge is 0.275 e. The summed E-state index contributed by atoms with van der Waals surface area (Å²) in [5.41, 5.74) is 2.19. The summed E-state index contributed by atoms with van der Waals surface area (Å²) in [6.45, 7) is 4.40. The van der Waals surface area contributed by atoms with Crippen molar-refractivity contribution in [2.45, 2.75) is 51.6 Å². The number of thiophene rings is 1. The highest BCUT2D eigenvalue weighted by Crippen LogP contribution is 2.25. The second-order valence-corrected chi connectivity index (χ2v) is 6.32. The first-order chi connectivity index (χ1) is 9.24. The molecule has 0 aromatic carbocycles. The van der Waals surface area contributed by atoms with E-state index in [2.05, 4.69) is 17.2 Å². The highest BCUT2D eigenvalue weighted by atomic mass is 32.1. The average Bonchev–Trinajstić information content (AvgIpc) is 2.89. The number of hydrogen-bond donors (Lipinski definition) is 2. The van der Waals surface area contributed by atoms with Crippen LogP contribution >= 0.6 is 11.3 Å². The SMILES string of the molecule is CCCC1CCCCN1Cc1ccc(C(=O)NN)s1. The molecule has 2 heterocycles. The van der Waals surface area contributed by atoms with Crippen molar-refractivity contribution in [2.75, 3.05) is 6.54 Å². The van der Waals surface area contributed by atoms with Crippen LogP contribution < -0.4 is 11.3 Å². The molecule has 0 saturated carbocycles. The van der Waals surface area contributed by atoms with E-state index < -0.39 is 0 Å². The van der Waals surface area contributed by atoms with Gasteiger partial charge in [0.05, 0.1) is 4.88 Å². The molecule has 1 unspecified atom stereocenters. The Morgan fingerprint density at radius 3 is 3.11 bits per heavy atom. The van der Waals surface area contributed by atoms with Gasteiger partial charge in [-0.3, -0.25) is 15.1 Å². The quantitative estimate of drug-likeness (QED) is 0.495. The molecular formula is C14H23N3OS. The Kier molecular flexibility index (Phi) is 5.36. The molecule has 19 heavy (non-hydrogen) atoms. The van der Waals surface area contributed by atoms with Gasteiger partial charge in [-0.05, 0) is 37.9 Å². The Morgan fingerprint density at radius 1 is 1.53 bits per heavy atom. The normalized spacial score (nSPS) is 20.4. The number of nitrogens with zero attached hydrogens (tertiary/aromatic N) is 1. The first-order valence-electron chi connectivity index (χ1n) is 7.08. The fourth-order valence-corrected chi connectivity index (χ4v) is 3.72. The lowest BCUT2D eigenvalue weighted by Gasteiger charge is -2.35. The number of amides is 1. The molecule has 4 nitrogen and oxygen atoms in total. The molecule has 1 amide bonds. The van der Waals surface area contributed by atoms with E-state index in [0.29, 0.717) is 10.9 Å². The summed E-state index contributed by atoms with van der Waals surface area (Å²) in [6, 6.07) is 4.63. The third kappa shape index (κ3) is 3.78. The standard InChI is InChI=1S/C14H23N3OS/c1-2-5-11-6-3-4-9-17(11)10-12-7-8-13(19-12)14(18)16-15/h7-8,11H,2-6,9-10,15H2,1H3,(H,16,18). The van der Waals surface area contributed by atoms with Crippen LogP contribution in [0.4, 0.5) is 0 Å². The Labute approximate surface area is 118 Å². The molecule has 2 rings (SSSR count). The maximum atomic E-state index is 11.4. The molecule has 0 radical (unpaired) electrons. The van der Waals surface area contributed by atoms with Crippen molar-refractivity contribution in [1.82, 2.24) is 10.3 Å². The first kappa shape index (κ1) is 14.5. The fourth-order valence-electron chi connectivity index (χ4n) is 2.78. The van der Waals surface area contributed by atoms with Crippen LogP contribution in [0, 0.1) is 0 Å². The van der Waals surface area contributed by atoms with Crippen molar-refractivity contribution < 1.29 is 4.79 Å². The molecule has 0 aliphatic carbocycles. The number of piperidine rings is 1. The van der Waals surface area contributed by atoms with Gasteiger partial charge in [-0.1, -0.05) is 19.8 Å². The van der Waals surface area contributed by atoms with Crippen LogP contribution in [0.2, 0.25) is 0 Å². The van der Waals surface area contributed by atoms with Crippen molar-refractivity contribution in [3.05, 3.63) is 21.9 Å². The van der Waals surface area contributed by atoms with Gasteiger partial charge in [-0.15, -0.1) is 11.3 Å². The van der Waals surface area contributed by atoms with E-state index in [0.717, 1.165) is 6.54 Å². The maximum Gasteiger partial charge on any atom is 0.275 e. The Bertz CT molecular complexity index is 417. The number of nitrogens with one attached hydrogen (secondary N) is 1. The van der Waals surface area contributed by atoms with Gasteiger partial charge < -0.3 is 0 Å². The summed E-state index contributed by atoms with van der Waals surface area (Å²) in [4.78, 5) is 16.0. The van der Waals surface area contributed by atoms with E-state index in [-0.39, 0.29) is 5.91 Å². The number of nitrogen functional groups attached to an aromatic ring is 1. The monoisotopic (exact) mass is 281 g/mol. The van der Waals surface area contributed by atoms with E-state index in [1.54, 1.807) is 11.3 Å². The lowest BCUT2D eigenvalue weighted by Crippen LogP contribution is -2.38. The molecule has 5 heteroatoms. The Hall–Kier alpha value is -0.910. The predicted octanol–water partition coefficient (Wildman–Crippen LogP) is 2.51. The number of likely N-dealkylation sites (tertiary alicyclic amines) is 1. The van der Waals surface area contributed by atoms with Crippen molar-refractivity contribution >= 4 is 17.2 Å². The minimum absolute atomic E-state index is 0.194. The number of carbonyl (C=O) groups is 1. The third-order valence-corrected chi connectivity index (χ3v) is 4.82. The molecule has 1 aliphatic rings. The minimum atomic E-state index is -0.194. The van der Waals surface area contributed by atoms with Crippen LogP contribution in [0.3, 0.4) is 0 Å². The van der Waals surface area contributed by atoms with Crippen molar-refractivity contribution in [2.24, 2.45) is 5.84 Å². The highest BCUT2D eigenvalue weighted by Gasteiger charge is 2.22. The summed E-state index contributed by atoms with van der Waals surface area (Å²) in [7, 11) is 0. The number of carbonyl (C=O) groups excluding carboxylic acids is 1. The molecule has 1 saturated heterocycles. The number of rotatable bonds is 5. The zero-order valence-corrected chi connectivity index (χ0v) is 12.3. The predicted molar refractivity (Wildman–Crippen MR) is 78.9 cm³/mol. The molecule has 0 spiro atoms. The molecule has 1 aromatic heterocycles. The zero-order valence-electron chi connectivity index (χ0n) is 11.5. The fraction of sp³-hybridized carbons (Fsp3) is 0.643. The van der Waals surface area contributed by atoms with E-state index >= 15 is 0 Å². The first-order valence-corrected chi connectivity index (χ1v) is 7.90. The number of nitrogens with two attached hydrogens (primary N) is 1. The van der Waals surface area contributed by atoms with E-state index in [1.807, 2.05) is 12.1 Å². The Morgan fingerprint density at radius 2 is 2.37 bits per heavy atom. The van der Waals surface area contributed by atoms with Crippen LogP contribution in [0.5, 0.6) is 0 Å². The molecular weight excluding hydrogens is 258 g/mol. The van der Waals surface area contributed by atoms with E-state index in [4.69, 9.17) is 5.84 Å². The van der Waals surface area contributed by atoms with Gasteiger partial charge >= 0.3 is 0 Å². The Balaban J connectivity index is 1.98. The van der Waals surface area contributed by atoms with Gasteiger partial charge in [0.2, 0.25) is 0 Å². The zero-order chi connectivity index (χ0) is 13.7. The summed E-state index contributed by atoms with van der Waals surface area (Å²) in [5, 5.41) is 0.